The van der Waals surface area contributed by atoms with Gasteiger partial charge in [-0.25, -0.2) is 0 Å². The summed E-state index contributed by atoms with van der Waals surface area (Å²) in [5, 5.41) is 1.40. The molecule has 0 fully saturated rings. The molecule has 0 unspecified atom stereocenters. The second-order valence-electron chi connectivity index (χ2n) is 9.29. The predicted molar refractivity (Wildman–Crippen MR) is 160 cm³/mol. The predicted octanol–water partition coefficient (Wildman–Crippen LogP) is 8.81. The van der Waals surface area contributed by atoms with Crippen LogP contribution in [0.2, 0.25) is 6.55 Å². The van der Waals surface area contributed by atoms with Gasteiger partial charge in [-0.15, -0.1) is 0 Å². The van der Waals surface area contributed by atoms with Crippen LogP contribution in [-0.2, 0) is 0 Å². The van der Waals surface area contributed by atoms with Crippen molar-refractivity contribution in [1.29, 1.82) is 0 Å². The summed E-state index contributed by atoms with van der Waals surface area (Å²) in [7, 11) is -2.01. The number of hydrogen-bond donors (Lipinski definition) is 0. The standard InChI is InChI=1S/C35H30Si/c1-36(35-15-9-4-10-16-35,27-25-29-17-21-33(22-18-29)31-11-5-2-6-12-31)28-26-30-19-23-34(24-20-30)32-13-7-3-8-14-32/h2-28H,1H3/b27-25+,28-26+. The van der Waals surface area contributed by atoms with Crippen molar-refractivity contribution in [2.24, 2.45) is 0 Å². The summed E-state index contributed by atoms with van der Waals surface area (Å²) < 4.78 is 0. The zero-order valence-electron chi connectivity index (χ0n) is 20.6. The second kappa shape index (κ2) is 11.0. The summed E-state index contributed by atoms with van der Waals surface area (Å²) in [5.41, 5.74) is 12.3. The van der Waals surface area contributed by atoms with Gasteiger partial charge in [0.05, 0.1) is 0 Å². The summed E-state index contributed by atoms with van der Waals surface area (Å²) >= 11 is 0. The number of hydrogen-bond acceptors (Lipinski definition) is 0. The molecular formula is C35H30Si. The smallest absolute Gasteiger partial charge is 0.0859 e. The quantitative estimate of drug-likeness (QED) is 0.205. The van der Waals surface area contributed by atoms with Crippen molar-refractivity contribution in [1.82, 2.24) is 0 Å². The molecule has 0 aliphatic heterocycles. The first-order valence-corrected chi connectivity index (χ1v) is 15.1. The second-order valence-corrected chi connectivity index (χ2v) is 13.1. The molecule has 0 bridgehead atoms. The maximum Gasteiger partial charge on any atom is 0.130 e. The van der Waals surface area contributed by atoms with Crippen LogP contribution >= 0.6 is 0 Å². The van der Waals surface area contributed by atoms with Gasteiger partial charge >= 0.3 is 0 Å². The molecule has 0 N–H and O–H groups in total. The molecule has 5 rings (SSSR count). The van der Waals surface area contributed by atoms with Crippen LogP contribution in [-0.4, -0.2) is 8.07 Å². The summed E-state index contributed by atoms with van der Waals surface area (Å²) in [5.74, 6) is 0. The molecule has 0 radical (unpaired) electrons. The van der Waals surface area contributed by atoms with Gasteiger partial charge in [0, 0.05) is 0 Å². The minimum absolute atomic E-state index is 1.23. The summed E-state index contributed by atoms with van der Waals surface area (Å²) in [6.45, 7) is 2.41. The van der Waals surface area contributed by atoms with Crippen LogP contribution in [0, 0.1) is 0 Å². The third kappa shape index (κ3) is 5.71. The molecule has 0 heterocycles. The lowest BCUT2D eigenvalue weighted by molar-refractivity contribution is 1.60. The Morgan fingerprint density at radius 3 is 1.11 bits per heavy atom. The van der Waals surface area contributed by atoms with Crippen LogP contribution in [0.25, 0.3) is 34.4 Å². The molecule has 0 amide bonds. The first-order chi connectivity index (χ1) is 17.7. The van der Waals surface area contributed by atoms with Crippen molar-refractivity contribution < 1.29 is 0 Å². The molecular weight excluding hydrogens is 448 g/mol. The van der Waals surface area contributed by atoms with Crippen LogP contribution in [0.1, 0.15) is 11.1 Å². The lowest BCUT2D eigenvalue weighted by atomic mass is 10.0. The van der Waals surface area contributed by atoms with Crippen LogP contribution in [0.4, 0.5) is 0 Å². The maximum atomic E-state index is 2.44. The molecule has 0 nitrogen and oxygen atoms in total. The molecule has 0 saturated carbocycles. The van der Waals surface area contributed by atoms with E-state index in [1.807, 2.05) is 0 Å². The van der Waals surface area contributed by atoms with E-state index >= 15 is 0 Å². The van der Waals surface area contributed by atoms with E-state index in [2.05, 4.69) is 170 Å². The van der Waals surface area contributed by atoms with Gasteiger partial charge < -0.3 is 0 Å². The average Bonchev–Trinajstić information content (AvgIpc) is 2.97. The zero-order chi connectivity index (χ0) is 24.6. The van der Waals surface area contributed by atoms with Crippen LogP contribution in [0.15, 0.2) is 151 Å². The molecule has 0 saturated heterocycles. The zero-order valence-corrected chi connectivity index (χ0v) is 21.6. The molecule has 5 aromatic carbocycles. The van der Waals surface area contributed by atoms with E-state index in [1.165, 1.54) is 38.6 Å². The number of benzene rings is 5. The molecule has 0 aliphatic rings. The maximum absolute atomic E-state index is 2.44. The third-order valence-corrected chi connectivity index (χ3v) is 9.97. The highest BCUT2D eigenvalue weighted by Crippen LogP contribution is 2.22. The topological polar surface area (TPSA) is 0 Å². The van der Waals surface area contributed by atoms with Crippen LogP contribution in [0.5, 0.6) is 0 Å². The van der Waals surface area contributed by atoms with E-state index < -0.39 is 8.07 Å². The van der Waals surface area contributed by atoms with Crippen molar-refractivity contribution in [2.75, 3.05) is 0 Å². The van der Waals surface area contributed by atoms with E-state index in [4.69, 9.17) is 0 Å². The largest absolute Gasteiger partial charge is 0.130 e. The molecule has 36 heavy (non-hydrogen) atoms. The highest BCUT2D eigenvalue weighted by Gasteiger charge is 2.22. The highest BCUT2D eigenvalue weighted by molar-refractivity contribution is 6.99. The van der Waals surface area contributed by atoms with Crippen molar-refractivity contribution in [3.05, 3.63) is 162 Å². The molecule has 0 atom stereocenters. The Balaban J connectivity index is 1.39. The van der Waals surface area contributed by atoms with Gasteiger partial charge in [0.15, 0.2) is 0 Å². The van der Waals surface area contributed by atoms with Gasteiger partial charge in [-0.05, 0) is 33.4 Å². The molecule has 1 heteroatoms. The van der Waals surface area contributed by atoms with E-state index in [9.17, 15) is 0 Å². The van der Waals surface area contributed by atoms with Gasteiger partial charge in [-0.3, -0.25) is 0 Å². The fraction of sp³-hybridized carbons (Fsp3) is 0.0286. The summed E-state index contributed by atoms with van der Waals surface area (Å²) in [6.07, 6.45) is 4.58. The SMILES string of the molecule is C[Si](/C=C/c1ccc(-c2ccccc2)cc1)(/C=C/c1ccc(-c2ccccc2)cc1)c1ccccc1. The lowest BCUT2D eigenvalue weighted by Gasteiger charge is -2.20. The normalized spacial score (nSPS) is 11.8. The minimum atomic E-state index is -2.01. The number of rotatable bonds is 7. The lowest BCUT2D eigenvalue weighted by Crippen LogP contribution is -2.41. The molecule has 5 aromatic rings. The van der Waals surface area contributed by atoms with Crippen molar-refractivity contribution >= 4 is 25.4 Å². The van der Waals surface area contributed by atoms with Gasteiger partial charge in [-0.2, -0.15) is 0 Å². The average molecular weight is 479 g/mol. The highest BCUT2D eigenvalue weighted by atomic mass is 28.3. The third-order valence-electron chi connectivity index (χ3n) is 6.68. The first-order valence-electron chi connectivity index (χ1n) is 12.4. The van der Waals surface area contributed by atoms with Crippen molar-refractivity contribution in [3.63, 3.8) is 0 Å². The Kier molecular flexibility index (Phi) is 7.21. The molecule has 0 aliphatic carbocycles. The fourth-order valence-electron chi connectivity index (χ4n) is 4.42. The van der Waals surface area contributed by atoms with Gasteiger partial charge in [0.25, 0.3) is 0 Å². The first kappa shape index (κ1) is 23.5. The fourth-order valence-corrected chi connectivity index (χ4v) is 6.90. The van der Waals surface area contributed by atoms with Gasteiger partial charge in [-0.1, -0.05) is 175 Å². The van der Waals surface area contributed by atoms with Crippen molar-refractivity contribution in [2.45, 2.75) is 6.55 Å². The molecule has 174 valence electrons. The van der Waals surface area contributed by atoms with E-state index in [-0.39, 0.29) is 0 Å². The minimum Gasteiger partial charge on any atom is -0.0859 e. The van der Waals surface area contributed by atoms with Gasteiger partial charge in [0.2, 0.25) is 0 Å². The Hall–Kier alpha value is -4.20. The van der Waals surface area contributed by atoms with Crippen molar-refractivity contribution in [3.8, 4) is 22.3 Å². The van der Waals surface area contributed by atoms with Crippen LogP contribution in [0.3, 0.4) is 0 Å². The Labute approximate surface area is 215 Å². The Morgan fingerprint density at radius 1 is 0.389 bits per heavy atom. The van der Waals surface area contributed by atoms with Gasteiger partial charge in [0.1, 0.15) is 8.07 Å². The van der Waals surface area contributed by atoms with E-state index in [0.29, 0.717) is 0 Å². The Bertz CT molecular complexity index is 1340. The monoisotopic (exact) mass is 478 g/mol. The summed E-state index contributed by atoms with van der Waals surface area (Å²) in [6, 6.07) is 49.7. The molecule has 0 spiro atoms. The van der Waals surface area contributed by atoms with E-state index in [0.717, 1.165) is 0 Å². The summed E-state index contributed by atoms with van der Waals surface area (Å²) in [4.78, 5) is 0. The Morgan fingerprint density at radius 2 is 0.722 bits per heavy atom. The molecule has 0 aromatic heterocycles. The van der Waals surface area contributed by atoms with Crippen LogP contribution < -0.4 is 5.19 Å². The van der Waals surface area contributed by atoms with E-state index in [1.54, 1.807) is 0 Å².